The molecule has 1 spiro atoms. The van der Waals surface area contributed by atoms with E-state index < -0.39 is 11.6 Å². The van der Waals surface area contributed by atoms with E-state index in [-0.39, 0.29) is 29.2 Å². The summed E-state index contributed by atoms with van der Waals surface area (Å²) in [5.74, 6) is -1.36. The SMILES string of the molecule is O=C1CCC2(CCN(C(=O)N(c3cc(F)cc(F)c3)C3CC3)C2)N1. The lowest BCUT2D eigenvalue weighted by Crippen LogP contribution is -2.48. The maximum absolute atomic E-state index is 13.6. The minimum absolute atomic E-state index is 0.00609. The molecule has 2 aliphatic heterocycles. The molecule has 2 heterocycles. The molecular formula is C17H19F2N3O2. The minimum Gasteiger partial charge on any atom is -0.349 e. The number of amides is 3. The maximum atomic E-state index is 13.6. The first-order valence-corrected chi connectivity index (χ1v) is 8.31. The quantitative estimate of drug-likeness (QED) is 0.902. The van der Waals surface area contributed by atoms with Crippen LogP contribution in [0, 0.1) is 11.6 Å². The van der Waals surface area contributed by atoms with E-state index in [0.29, 0.717) is 19.5 Å². The molecule has 1 aromatic carbocycles. The Morgan fingerprint density at radius 3 is 2.50 bits per heavy atom. The molecule has 1 saturated carbocycles. The van der Waals surface area contributed by atoms with Gasteiger partial charge in [0, 0.05) is 31.6 Å². The Bertz CT molecular complexity index is 687. The van der Waals surface area contributed by atoms with Gasteiger partial charge < -0.3 is 10.2 Å². The van der Waals surface area contributed by atoms with Crippen LogP contribution in [0.1, 0.15) is 32.1 Å². The number of carbonyl (C=O) groups excluding carboxylic acids is 2. The van der Waals surface area contributed by atoms with Crippen LogP contribution in [-0.2, 0) is 4.79 Å². The van der Waals surface area contributed by atoms with E-state index >= 15 is 0 Å². The molecule has 1 unspecified atom stereocenters. The first-order chi connectivity index (χ1) is 11.5. The van der Waals surface area contributed by atoms with Crippen molar-refractivity contribution < 1.29 is 18.4 Å². The molecule has 0 aromatic heterocycles. The van der Waals surface area contributed by atoms with Gasteiger partial charge in [-0.25, -0.2) is 13.6 Å². The second-order valence-corrected chi connectivity index (χ2v) is 7.01. The fourth-order valence-corrected chi connectivity index (χ4v) is 3.76. The molecule has 3 aliphatic rings. The van der Waals surface area contributed by atoms with Crippen LogP contribution < -0.4 is 10.2 Å². The van der Waals surface area contributed by atoms with Gasteiger partial charge in [0.15, 0.2) is 0 Å². The van der Waals surface area contributed by atoms with E-state index in [9.17, 15) is 18.4 Å². The number of nitrogens with one attached hydrogen (secondary N) is 1. The topological polar surface area (TPSA) is 52.7 Å². The van der Waals surface area contributed by atoms with Gasteiger partial charge >= 0.3 is 6.03 Å². The van der Waals surface area contributed by atoms with Crippen LogP contribution in [0.3, 0.4) is 0 Å². The van der Waals surface area contributed by atoms with Gasteiger partial charge in [0.25, 0.3) is 0 Å². The zero-order valence-corrected chi connectivity index (χ0v) is 13.2. The van der Waals surface area contributed by atoms with Crippen LogP contribution in [0.2, 0.25) is 0 Å². The highest BCUT2D eigenvalue weighted by Crippen LogP contribution is 2.36. The molecule has 3 amide bonds. The fourth-order valence-electron chi connectivity index (χ4n) is 3.76. The summed E-state index contributed by atoms with van der Waals surface area (Å²) >= 11 is 0. The van der Waals surface area contributed by atoms with E-state index in [0.717, 1.165) is 31.7 Å². The highest BCUT2D eigenvalue weighted by Gasteiger charge is 2.47. The van der Waals surface area contributed by atoms with Gasteiger partial charge in [0.05, 0.1) is 11.2 Å². The van der Waals surface area contributed by atoms with E-state index in [2.05, 4.69) is 5.32 Å². The molecule has 0 bridgehead atoms. The molecule has 3 fully saturated rings. The van der Waals surface area contributed by atoms with Crippen LogP contribution in [0.5, 0.6) is 0 Å². The number of halogens is 2. The van der Waals surface area contributed by atoms with Gasteiger partial charge in [-0.05, 0) is 37.8 Å². The highest BCUT2D eigenvalue weighted by atomic mass is 19.1. The van der Waals surface area contributed by atoms with Crippen molar-refractivity contribution in [3.05, 3.63) is 29.8 Å². The number of hydrogen-bond donors (Lipinski definition) is 1. The first-order valence-electron chi connectivity index (χ1n) is 8.31. The molecular weight excluding hydrogens is 316 g/mol. The highest BCUT2D eigenvalue weighted by molar-refractivity contribution is 5.93. The molecule has 7 heteroatoms. The number of likely N-dealkylation sites (tertiary alicyclic amines) is 1. The maximum Gasteiger partial charge on any atom is 0.324 e. The molecule has 1 N–H and O–H groups in total. The Balaban J connectivity index is 1.56. The molecule has 128 valence electrons. The van der Waals surface area contributed by atoms with Crippen molar-refractivity contribution in [2.45, 2.75) is 43.7 Å². The van der Waals surface area contributed by atoms with Crippen molar-refractivity contribution in [2.75, 3.05) is 18.0 Å². The Kier molecular flexibility index (Phi) is 3.47. The first kappa shape index (κ1) is 15.4. The summed E-state index contributed by atoms with van der Waals surface area (Å²) in [4.78, 5) is 27.7. The van der Waals surface area contributed by atoms with Crippen molar-refractivity contribution in [2.24, 2.45) is 0 Å². The zero-order valence-electron chi connectivity index (χ0n) is 13.2. The Hall–Kier alpha value is -2.18. The molecule has 1 atom stereocenters. The van der Waals surface area contributed by atoms with Gasteiger partial charge in [-0.3, -0.25) is 9.69 Å². The Labute approximate surface area is 138 Å². The van der Waals surface area contributed by atoms with E-state index in [4.69, 9.17) is 0 Å². The third kappa shape index (κ3) is 2.72. The predicted octanol–water partition coefficient (Wildman–Crippen LogP) is 2.41. The van der Waals surface area contributed by atoms with Crippen molar-refractivity contribution in [1.29, 1.82) is 0 Å². The summed E-state index contributed by atoms with van der Waals surface area (Å²) in [5, 5.41) is 2.98. The fraction of sp³-hybridized carbons (Fsp3) is 0.529. The van der Waals surface area contributed by atoms with Crippen LogP contribution >= 0.6 is 0 Å². The molecule has 2 saturated heterocycles. The van der Waals surface area contributed by atoms with E-state index in [1.807, 2.05) is 0 Å². The summed E-state index contributed by atoms with van der Waals surface area (Å²) in [6.45, 7) is 0.999. The largest absolute Gasteiger partial charge is 0.349 e. The second-order valence-electron chi connectivity index (χ2n) is 7.01. The predicted molar refractivity (Wildman–Crippen MR) is 83.6 cm³/mol. The van der Waals surface area contributed by atoms with E-state index in [1.54, 1.807) is 4.90 Å². The average Bonchev–Trinajstić information content (AvgIpc) is 3.15. The number of carbonyl (C=O) groups is 2. The third-order valence-corrected chi connectivity index (χ3v) is 5.10. The zero-order chi connectivity index (χ0) is 16.9. The van der Waals surface area contributed by atoms with Gasteiger partial charge in [0.2, 0.25) is 5.91 Å². The minimum atomic E-state index is -0.690. The summed E-state index contributed by atoms with van der Waals surface area (Å²) < 4.78 is 27.1. The van der Waals surface area contributed by atoms with E-state index in [1.165, 1.54) is 17.0 Å². The number of benzene rings is 1. The third-order valence-electron chi connectivity index (χ3n) is 5.10. The van der Waals surface area contributed by atoms with Crippen LogP contribution in [-0.4, -0.2) is 41.5 Å². The second kappa shape index (κ2) is 5.43. The smallest absolute Gasteiger partial charge is 0.324 e. The summed E-state index contributed by atoms with van der Waals surface area (Å²) in [6, 6.07) is 2.96. The van der Waals surface area contributed by atoms with Gasteiger partial charge in [0.1, 0.15) is 11.6 Å². The van der Waals surface area contributed by atoms with Gasteiger partial charge in [-0.15, -0.1) is 0 Å². The van der Waals surface area contributed by atoms with Gasteiger partial charge in [-0.1, -0.05) is 0 Å². The Morgan fingerprint density at radius 2 is 1.92 bits per heavy atom. The van der Waals surface area contributed by atoms with Crippen LogP contribution in [0.25, 0.3) is 0 Å². The molecule has 1 aliphatic carbocycles. The number of hydrogen-bond acceptors (Lipinski definition) is 2. The summed E-state index contributed by atoms with van der Waals surface area (Å²) in [5.41, 5.74) is -0.0637. The number of anilines is 1. The molecule has 24 heavy (non-hydrogen) atoms. The normalized spacial score (nSPS) is 26.1. The molecule has 0 radical (unpaired) electrons. The van der Waals surface area contributed by atoms with Crippen LogP contribution in [0.15, 0.2) is 18.2 Å². The van der Waals surface area contributed by atoms with Crippen molar-refractivity contribution in [3.8, 4) is 0 Å². The van der Waals surface area contributed by atoms with Crippen molar-refractivity contribution in [3.63, 3.8) is 0 Å². The molecule has 1 aromatic rings. The van der Waals surface area contributed by atoms with Gasteiger partial charge in [-0.2, -0.15) is 0 Å². The molecule has 5 nitrogen and oxygen atoms in total. The lowest BCUT2D eigenvalue weighted by atomic mass is 9.97. The average molecular weight is 335 g/mol. The molecule has 4 rings (SSSR count). The lowest BCUT2D eigenvalue weighted by Gasteiger charge is -2.30. The lowest BCUT2D eigenvalue weighted by molar-refractivity contribution is -0.119. The monoisotopic (exact) mass is 335 g/mol. The van der Waals surface area contributed by atoms with Crippen molar-refractivity contribution >= 4 is 17.6 Å². The number of rotatable bonds is 2. The van der Waals surface area contributed by atoms with Crippen LogP contribution in [0.4, 0.5) is 19.3 Å². The standard InChI is InChI=1S/C17H19F2N3O2/c18-11-7-12(19)9-14(8-11)22(13-1-2-13)16(24)21-6-5-17(10-21)4-3-15(23)20-17/h7-9,13H,1-6,10H2,(H,20,23). The Morgan fingerprint density at radius 1 is 1.21 bits per heavy atom. The number of urea groups is 1. The van der Waals surface area contributed by atoms with Crippen molar-refractivity contribution in [1.82, 2.24) is 10.2 Å². The number of nitrogens with zero attached hydrogens (tertiary/aromatic N) is 2. The summed E-state index contributed by atoms with van der Waals surface area (Å²) in [6.07, 6.45) is 3.61. The summed E-state index contributed by atoms with van der Waals surface area (Å²) in [7, 11) is 0.